The summed E-state index contributed by atoms with van der Waals surface area (Å²) in [6.07, 6.45) is 0. The topological polar surface area (TPSA) is 55.1 Å². The predicted molar refractivity (Wildman–Crippen MR) is 71.6 cm³/mol. The number of aromatic nitrogens is 1. The van der Waals surface area contributed by atoms with Gasteiger partial charge in [-0.3, -0.25) is 4.79 Å². The number of nitrogens with zero attached hydrogens (tertiary/aromatic N) is 1. The Labute approximate surface area is 113 Å². The van der Waals surface area contributed by atoms with Gasteiger partial charge < -0.3 is 9.84 Å². The summed E-state index contributed by atoms with van der Waals surface area (Å²) >= 11 is 2.17. The van der Waals surface area contributed by atoms with Crippen LogP contribution in [0, 0.1) is 10.5 Å². The number of aryl methyl sites for hydroxylation is 1. The lowest BCUT2D eigenvalue weighted by Crippen LogP contribution is -2.22. The Morgan fingerprint density at radius 3 is 2.94 bits per heavy atom. The molecule has 1 aromatic carbocycles. The third kappa shape index (κ3) is 3.29. The lowest BCUT2D eigenvalue weighted by Gasteiger charge is -2.03. The van der Waals surface area contributed by atoms with Gasteiger partial charge in [0.25, 0.3) is 5.91 Å². The average molecular weight is 342 g/mol. The molecule has 2 aromatic rings. The van der Waals surface area contributed by atoms with Gasteiger partial charge in [-0.15, -0.1) is 0 Å². The normalized spacial score (nSPS) is 10.2. The Morgan fingerprint density at radius 1 is 1.47 bits per heavy atom. The van der Waals surface area contributed by atoms with Gasteiger partial charge >= 0.3 is 0 Å². The lowest BCUT2D eigenvalue weighted by molar-refractivity contribution is 0.0950. The monoisotopic (exact) mass is 342 g/mol. The van der Waals surface area contributed by atoms with Gasteiger partial charge in [-0.05, 0) is 47.7 Å². The molecular formula is C12H11IN2O2. The van der Waals surface area contributed by atoms with Gasteiger partial charge in [-0.25, -0.2) is 0 Å². The fraction of sp³-hybridized carbons (Fsp3) is 0.167. The maximum Gasteiger partial charge on any atom is 0.251 e. The van der Waals surface area contributed by atoms with E-state index in [0.717, 1.165) is 15.0 Å². The highest BCUT2D eigenvalue weighted by molar-refractivity contribution is 14.1. The second kappa shape index (κ2) is 5.31. The standard InChI is InChI=1S/C12H11IN2O2/c1-8-5-11(15-17-8)7-14-12(16)9-3-2-4-10(13)6-9/h2-6H,7H2,1H3,(H,14,16). The van der Waals surface area contributed by atoms with Crippen LogP contribution in [0.2, 0.25) is 0 Å². The fourth-order valence-corrected chi connectivity index (χ4v) is 1.95. The van der Waals surface area contributed by atoms with E-state index >= 15 is 0 Å². The fourth-order valence-electron chi connectivity index (χ4n) is 1.40. The summed E-state index contributed by atoms with van der Waals surface area (Å²) in [7, 11) is 0. The molecule has 0 unspecified atom stereocenters. The van der Waals surface area contributed by atoms with Crippen molar-refractivity contribution in [2.24, 2.45) is 0 Å². The summed E-state index contributed by atoms with van der Waals surface area (Å²) in [6, 6.07) is 9.22. The summed E-state index contributed by atoms with van der Waals surface area (Å²) in [5, 5.41) is 6.60. The molecule has 2 rings (SSSR count). The van der Waals surface area contributed by atoms with Crippen LogP contribution in [-0.2, 0) is 6.54 Å². The molecule has 1 amide bonds. The summed E-state index contributed by atoms with van der Waals surface area (Å²) in [5.41, 5.74) is 1.37. The van der Waals surface area contributed by atoms with Crippen LogP contribution >= 0.6 is 22.6 Å². The quantitative estimate of drug-likeness (QED) is 0.872. The van der Waals surface area contributed by atoms with Gasteiger partial charge in [0.2, 0.25) is 0 Å². The van der Waals surface area contributed by atoms with Gasteiger partial charge in [0.05, 0.1) is 6.54 Å². The summed E-state index contributed by atoms with van der Waals surface area (Å²) in [4.78, 5) is 11.8. The molecule has 0 saturated carbocycles. The van der Waals surface area contributed by atoms with E-state index in [-0.39, 0.29) is 5.91 Å². The van der Waals surface area contributed by atoms with Gasteiger partial charge in [0, 0.05) is 15.2 Å². The van der Waals surface area contributed by atoms with Crippen LogP contribution in [0.1, 0.15) is 21.8 Å². The molecule has 0 radical (unpaired) electrons. The Balaban J connectivity index is 1.98. The second-order valence-corrected chi connectivity index (χ2v) is 4.87. The zero-order valence-electron chi connectivity index (χ0n) is 9.24. The number of hydrogen-bond donors (Lipinski definition) is 1. The van der Waals surface area contributed by atoms with Gasteiger partial charge in [0.1, 0.15) is 11.5 Å². The minimum Gasteiger partial charge on any atom is -0.361 e. The zero-order valence-corrected chi connectivity index (χ0v) is 11.4. The van der Waals surface area contributed by atoms with E-state index in [4.69, 9.17) is 4.52 Å². The third-order valence-corrected chi connectivity index (χ3v) is 2.86. The molecular weight excluding hydrogens is 331 g/mol. The molecule has 1 aromatic heterocycles. The molecule has 0 spiro atoms. The molecule has 1 N–H and O–H groups in total. The average Bonchev–Trinajstić information content (AvgIpc) is 2.72. The molecule has 5 heteroatoms. The van der Waals surface area contributed by atoms with Crippen molar-refractivity contribution in [3.05, 3.63) is 50.9 Å². The Bertz CT molecular complexity index is 537. The highest BCUT2D eigenvalue weighted by Crippen LogP contribution is 2.08. The van der Waals surface area contributed by atoms with E-state index in [1.54, 1.807) is 12.1 Å². The number of hydrogen-bond acceptors (Lipinski definition) is 3. The summed E-state index contributed by atoms with van der Waals surface area (Å²) in [5.74, 6) is 0.632. The van der Waals surface area contributed by atoms with Crippen LogP contribution in [0.4, 0.5) is 0 Å². The SMILES string of the molecule is Cc1cc(CNC(=O)c2cccc(I)c2)no1. The van der Waals surface area contributed by atoms with E-state index < -0.39 is 0 Å². The van der Waals surface area contributed by atoms with Crippen molar-refractivity contribution in [1.82, 2.24) is 10.5 Å². The maximum absolute atomic E-state index is 11.8. The summed E-state index contributed by atoms with van der Waals surface area (Å²) < 4.78 is 5.95. The Kier molecular flexibility index (Phi) is 3.78. The minimum absolute atomic E-state index is 0.107. The van der Waals surface area contributed by atoms with Crippen LogP contribution in [0.25, 0.3) is 0 Å². The first-order valence-corrected chi connectivity index (χ1v) is 6.19. The molecule has 17 heavy (non-hydrogen) atoms. The van der Waals surface area contributed by atoms with Crippen molar-refractivity contribution in [3.8, 4) is 0 Å². The van der Waals surface area contributed by atoms with Crippen LogP contribution in [0.3, 0.4) is 0 Å². The number of carbonyl (C=O) groups is 1. The van der Waals surface area contributed by atoms with Gasteiger partial charge in [0.15, 0.2) is 0 Å². The highest BCUT2D eigenvalue weighted by atomic mass is 127. The van der Waals surface area contributed by atoms with Crippen LogP contribution in [0.5, 0.6) is 0 Å². The maximum atomic E-state index is 11.8. The molecule has 0 saturated heterocycles. The first kappa shape index (κ1) is 12.1. The second-order valence-electron chi connectivity index (χ2n) is 3.62. The Morgan fingerprint density at radius 2 is 2.29 bits per heavy atom. The van der Waals surface area contributed by atoms with E-state index in [2.05, 4.69) is 33.1 Å². The zero-order chi connectivity index (χ0) is 12.3. The smallest absolute Gasteiger partial charge is 0.251 e. The minimum atomic E-state index is -0.107. The van der Waals surface area contributed by atoms with Crippen molar-refractivity contribution in [3.63, 3.8) is 0 Å². The largest absolute Gasteiger partial charge is 0.361 e. The number of rotatable bonds is 3. The van der Waals surface area contributed by atoms with Crippen molar-refractivity contribution < 1.29 is 9.32 Å². The van der Waals surface area contributed by atoms with Crippen molar-refractivity contribution in [1.29, 1.82) is 0 Å². The Hall–Kier alpha value is -1.37. The van der Waals surface area contributed by atoms with Crippen LogP contribution in [-0.4, -0.2) is 11.1 Å². The number of amides is 1. The molecule has 0 bridgehead atoms. The number of nitrogens with one attached hydrogen (secondary N) is 1. The summed E-state index contributed by atoms with van der Waals surface area (Å²) in [6.45, 7) is 2.19. The van der Waals surface area contributed by atoms with E-state index in [0.29, 0.717) is 12.1 Å². The molecule has 0 fully saturated rings. The van der Waals surface area contributed by atoms with Crippen molar-refractivity contribution in [2.45, 2.75) is 13.5 Å². The molecule has 1 heterocycles. The van der Waals surface area contributed by atoms with E-state index in [9.17, 15) is 4.79 Å². The highest BCUT2D eigenvalue weighted by Gasteiger charge is 2.07. The molecule has 88 valence electrons. The molecule has 0 atom stereocenters. The molecule has 0 aliphatic carbocycles. The number of halogens is 1. The molecule has 4 nitrogen and oxygen atoms in total. The number of benzene rings is 1. The van der Waals surface area contributed by atoms with Crippen molar-refractivity contribution in [2.75, 3.05) is 0 Å². The van der Waals surface area contributed by atoms with Crippen molar-refractivity contribution >= 4 is 28.5 Å². The van der Waals surface area contributed by atoms with Crippen LogP contribution < -0.4 is 5.32 Å². The first-order valence-electron chi connectivity index (χ1n) is 5.11. The van der Waals surface area contributed by atoms with Gasteiger partial charge in [-0.2, -0.15) is 0 Å². The molecule has 0 aliphatic rings. The number of carbonyl (C=O) groups excluding carboxylic acids is 1. The first-order chi connectivity index (χ1) is 8.15. The third-order valence-electron chi connectivity index (χ3n) is 2.19. The van der Waals surface area contributed by atoms with E-state index in [1.165, 1.54) is 0 Å². The van der Waals surface area contributed by atoms with Gasteiger partial charge in [-0.1, -0.05) is 11.2 Å². The predicted octanol–water partition coefficient (Wildman–Crippen LogP) is 2.52. The van der Waals surface area contributed by atoms with Crippen LogP contribution in [0.15, 0.2) is 34.9 Å². The molecule has 0 aliphatic heterocycles. The van der Waals surface area contributed by atoms with E-state index in [1.807, 2.05) is 25.1 Å². The lowest BCUT2D eigenvalue weighted by atomic mass is 10.2.